The zero-order valence-electron chi connectivity index (χ0n) is 8.42. The van der Waals surface area contributed by atoms with E-state index in [2.05, 4.69) is 0 Å². The topological polar surface area (TPSA) is 66.4 Å². The van der Waals surface area contributed by atoms with Crippen LogP contribution in [-0.2, 0) is 9.59 Å². The fraction of sp³-hybridized carbons (Fsp3) is 0.778. The Morgan fingerprint density at radius 1 is 1.50 bits per heavy atom. The van der Waals surface area contributed by atoms with Crippen molar-refractivity contribution >= 4 is 11.7 Å². The Morgan fingerprint density at radius 3 is 2.43 bits per heavy atom. The van der Waals surface area contributed by atoms with Crippen molar-refractivity contribution in [3.63, 3.8) is 0 Å². The number of carbonyl (C=O) groups is 2. The zero-order chi connectivity index (χ0) is 11.1. The van der Waals surface area contributed by atoms with Crippen molar-refractivity contribution in [2.75, 3.05) is 0 Å². The van der Waals surface area contributed by atoms with Crippen LogP contribution in [-0.4, -0.2) is 23.1 Å². The minimum absolute atomic E-state index is 0.334. The van der Waals surface area contributed by atoms with Gasteiger partial charge in [0, 0.05) is 0 Å². The van der Waals surface area contributed by atoms with Crippen LogP contribution in [0.15, 0.2) is 0 Å². The summed E-state index contributed by atoms with van der Waals surface area (Å²) in [4.78, 5) is 21.7. The van der Waals surface area contributed by atoms with Crippen LogP contribution in [0.1, 0.15) is 33.1 Å². The van der Waals surface area contributed by atoms with Crippen molar-refractivity contribution in [2.24, 2.45) is 5.92 Å². The molecule has 0 aromatic rings. The molecule has 0 aliphatic heterocycles. The number of hydrogen-bond donors (Lipinski definition) is 2. The van der Waals surface area contributed by atoms with Gasteiger partial charge in [0.1, 0.15) is 5.78 Å². The molecule has 0 saturated heterocycles. The predicted octanol–water partition coefficient (Wildman–Crippen LogP) is 1.23. The van der Waals surface area contributed by atoms with Crippen molar-refractivity contribution in [1.82, 2.24) is 5.48 Å². The summed E-state index contributed by atoms with van der Waals surface area (Å²) in [5, 5.41) is 8.21. The van der Waals surface area contributed by atoms with Gasteiger partial charge in [0.05, 0.1) is 5.92 Å². The van der Waals surface area contributed by atoms with Gasteiger partial charge in [0.15, 0.2) is 6.17 Å². The van der Waals surface area contributed by atoms with Crippen LogP contribution in [0, 0.1) is 5.92 Å². The number of hydrogen-bond acceptors (Lipinski definition) is 3. The number of unbranched alkanes of at least 4 members (excludes halogenated alkanes) is 1. The van der Waals surface area contributed by atoms with E-state index in [4.69, 9.17) is 5.21 Å². The monoisotopic (exact) mass is 205 g/mol. The van der Waals surface area contributed by atoms with Gasteiger partial charge in [-0.1, -0.05) is 19.8 Å². The van der Waals surface area contributed by atoms with E-state index in [1.54, 1.807) is 0 Å². The molecule has 82 valence electrons. The molecule has 0 bridgehead atoms. The third-order valence-electron chi connectivity index (χ3n) is 2.10. The minimum atomic E-state index is -1.95. The number of ketones is 1. The van der Waals surface area contributed by atoms with Gasteiger partial charge in [-0.25, -0.2) is 9.87 Å². The molecule has 5 heteroatoms. The maximum absolute atomic E-state index is 13.2. The summed E-state index contributed by atoms with van der Waals surface area (Å²) in [6.07, 6.45) is -0.106. The highest BCUT2D eigenvalue weighted by molar-refractivity contribution is 5.88. The maximum Gasteiger partial charge on any atom is 0.278 e. The highest BCUT2D eigenvalue weighted by Crippen LogP contribution is 2.17. The van der Waals surface area contributed by atoms with E-state index in [-0.39, 0.29) is 5.78 Å². The second-order valence-electron chi connectivity index (χ2n) is 3.24. The molecule has 0 aliphatic rings. The molecular weight excluding hydrogens is 189 g/mol. The van der Waals surface area contributed by atoms with Gasteiger partial charge in [0.2, 0.25) is 0 Å². The third kappa shape index (κ3) is 3.83. The van der Waals surface area contributed by atoms with E-state index in [1.165, 1.54) is 12.4 Å². The third-order valence-corrected chi connectivity index (χ3v) is 2.10. The molecule has 4 nitrogen and oxygen atoms in total. The molecule has 0 saturated carbocycles. The number of nitrogens with one attached hydrogen (secondary N) is 1. The van der Waals surface area contributed by atoms with Crippen molar-refractivity contribution in [2.45, 2.75) is 39.3 Å². The van der Waals surface area contributed by atoms with Gasteiger partial charge in [-0.2, -0.15) is 0 Å². The molecule has 1 unspecified atom stereocenters. The molecule has 0 radical (unpaired) electrons. The molecule has 2 N–H and O–H groups in total. The number of halogens is 1. The molecule has 0 rings (SSSR count). The lowest BCUT2D eigenvalue weighted by atomic mass is 9.93. The molecule has 0 aromatic heterocycles. The van der Waals surface area contributed by atoms with Gasteiger partial charge in [-0.3, -0.25) is 14.8 Å². The first-order valence-corrected chi connectivity index (χ1v) is 4.63. The summed E-state index contributed by atoms with van der Waals surface area (Å²) in [6.45, 7) is 3.16. The van der Waals surface area contributed by atoms with Crippen molar-refractivity contribution in [1.29, 1.82) is 0 Å². The van der Waals surface area contributed by atoms with Gasteiger partial charge >= 0.3 is 0 Å². The largest absolute Gasteiger partial charge is 0.300 e. The molecule has 0 heterocycles. The molecule has 14 heavy (non-hydrogen) atoms. The maximum atomic E-state index is 13.2. The molecule has 0 aliphatic carbocycles. The lowest BCUT2D eigenvalue weighted by molar-refractivity contribution is -0.140. The van der Waals surface area contributed by atoms with Crippen LogP contribution in [0.3, 0.4) is 0 Å². The van der Waals surface area contributed by atoms with E-state index in [0.29, 0.717) is 12.8 Å². The Bertz CT molecular complexity index is 208. The molecular formula is C9H16FNO3. The van der Waals surface area contributed by atoms with Crippen LogP contribution in [0.25, 0.3) is 0 Å². The predicted molar refractivity (Wildman–Crippen MR) is 48.5 cm³/mol. The van der Waals surface area contributed by atoms with Gasteiger partial charge in [-0.15, -0.1) is 0 Å². The molecule has 2 atom stereocenters. The smallest absolute Gasteiger partial charge is 0.278 e. The molecule has 0 fully saturated rings. The Balaban J connectivity index is 4.32. The van der Waals surface area contributed by atoms with E-state index < -0.39 is 18.0 Å². The van der Waals surface area contributed by atoms with Crippen molar-refractivity contribution in [3.05, 3.63) is 0 Å². The average Bonchev–Trinajstić information content (AvgIpc) is 2.16. The normalized spacial score (nSPS) is 14.6. The van der Waals surface area contributed by atoms with E-state index in [1.807, 2.05) is 6.92 Å². The quantitative estimate of drug-likeness (QED) is 0.506. The number of Topliss-reactive ketones (excluding diaryl/α,β-unsaturated/α-hetero) is 1. The Hall–Kier alpha value is -0.970. The van der Waals surface area contributed by atoms with Gasteiger partial charge < -0.3 is 0 Å². The average molecular weight is 205 g/mol. The van der Waals surface area contributed by atoms with Crippen LogP contribution in [0.5, 0.6) is 0 Å². The van der Waals surface area contributed by atoms with Crippen LogP contribution in [0.2, 0.25) is 0 Å². The Kier molecular flexibility index (Phi) is 6.03. The number of amides is 1. The first-order valence-electron chi connectivity index (χ1n) is 4.63. The fourth-order valence-corrected chi connectivity index (χ4v) is 1.22. The molecule has 0 spiro atoms. The summed E-state index contributed by atoms with van der Waals surface area (Å²) < 4.78 is 13.2. The van der Waals surface area contributed by atoms with Gasteiger partial charge in [-0.05, 0) is 13.3 Å². The van der Waals surface area contributed by atoms with Gasteiger partial charge in [0.25, 0.3) is 5.91 Å². The lowest BCUT2D eigenvalue weighted by Gasteiger charge is -2.16. The lowest BCUT2D eigenvalue weighted by Crippen LogP contribution is -2.37. The van der Waals surface area contributed by atoms with Crippen LogP contribution < -0.4 is 5.48 Å². The van der Waals surface area contributed by atoms with Crippen molar-refractivity contribution in [3.8, 4) is 0 Å². The summed E-state index contributed by atoms with van der Waals surface area (Å²) in [6, 6.07) is 0. The number of hydroxylamine groups is 1. The fourth-order valence-electron chi connectivity index (χ4n) is 1.22. The number of alkyl halides is 1. The van der Waals surface area contributed by atoms with E-state index in [9.17, 15) is 14.0 Å². The number of carbonyl (C=O) groups excluding carboxylic acids is 2. The summed E-state index contributed by atoms with van der Waals surface area (Å²) in [7, 11) is 0. The SMILES string of the molecule is CCCC[C@@H](C(C)=O)C(F)C(=O)NO. The summed E-state index contributed by atoms with van der Waals surface area (Å²) >= 11 is 0. The first kappa shape index (κ1) is 13.0. The first-order chi connectivity index (χ1) is 6.54. The van der Waals surface area contributed by atoms with Crippen LogP contribution >= 0.6 is 0 Å². The Labute approximate surface area is 82.4 Å². The second-order valence-corrected chi connectivity index (χ2v) is 3.24. The second kappa shape index (κ2) is 6.48. The van der Waals surface area contributed by atoms with Crippen molar-refractivity contribution < 1.29 is 19.2 Å². The highest BCUT2D eigenvalue weighted by Gasteiger charge is 2.30. The van der Waals surface area contributed by atoms with E-state index in [0.717, 1.165) is 6.42 Å². The number of rotatable bonds is 6. The minimum Gasteiger partial charge on any atom is -0.300 e. The van der Waals surface area contributed by atoms with E-state index >= 15 is 0 Å². The standard InChI is InChI=1S/C9H16FNO3/c1-3-4-5-7(6(2)12)8(10)9(13)11-14/h7-8,14H,3-5H2,1-2H3,(H,11,13)/t7-,8?/m0/s1. The molecule has 0 aromatic carbocycles. The highest BCUT2D eigenvalue weighted by atomic mass is 19.1. The summed E-state index contributed by atoms with van der Waals surface area (Å²) in [5.41, 5.74) is 1.21. The summed E-state index contributed by atoms with van der Waals surface area (Å²) in [5.74, 6) is -2.46. The molecule has 1 amide bonds. The van der Waals surface area contributed by atoms with Crippen LogP contribution in [0.4, 0.5) is 4.39 Å². The zero-order valence-corrected chi connectivity index (χ0v) is 8.42. The Morgan fingerprint density at radius 2 is 2.07 bits per heavy atom.